The van der Waals surface area contributed by atoms with Crippen molar-refractivity contribution in [2.45, 2.75) is 0 Å². The largest absolute Gasteiger partial charge is 0.478 e. The molecule has 0 spiro atoms. The lowest BCUT2D eigenvalue weighted by Crippen LogP contribution is -1.95. The van der Waals surface area contributed by atoms with Crippen LogP contribution in [0, 0.1) is 0 Å². The van der Waals surface area contributed by atoms with Gasteiger partial charge in [0.2, 0.25) is 0 Å². The molecule has 0 aliphatic heterocycles. The molecule has 4 heteroatoms. The third kappa shape index (κ3) is 3.27. The van der Waals surface area contributed by atoms with E-state index in [1.807, 2.05) is 41.8 Å². The van der Waals surface area contributed by atoms with Gasteiger partial charge >= 0.3 is 5.97 Å². The standard InChI is InChI=1S/C22H15NO2S/c24-22(25)19-11-5-10-18(13-19)21-23-20(14-26-21)17-9-4-8-16(12-17)15-6-2-1-3-7-15/h1-14H,(H,24,25). The van der Waals surface area contributed by atoms with Crippen molar-refractivity contribution in [3.63, 3.8) is 0 Å². The molecule has 3 aromatic carbocycles. The van der Waals surface area contributed by atoms with Crippen molar-refractivity contribution in [2.24, 2.45) is 0 Å². The van der Waals surface area contributed by atoms with Crippen molar-refractivity contribution in [1.82, 2.24) is 4.98 Å². The molecule has 0 aliphatic carbocycles. The Kier molecular flexibility index (Phi) is 4.33. The highest BCUT2D eigenvalue weighted by molar-refractivity contribution is 7.13. The van der Waals surface area contributed by atoms with E-state index in [0.29, 0.717) is 0 Å². The molecule has 0 bridgehead atoms. The number of benzene rings is 3. The number of aromatic nitrogens is 1. The first-order valence-corrected chi connectivity index (χ1v) is 9.04. The van der Waals surface area contributed by atoms with Crippen LogP contribution in [0.2, 0.25) is 0 Å². The fourth-order valence-electron chi connectivity index (χ4n) is 2.81. The highest BCUT2D eigenvalue weighted by atomic mass is 32.1. The predicted molar refractivity (Wildman–Crippen MR) is 105 cm³/mol. The smallest absolute Gasteiger partial charge is 0.335 e. The van der Waals surface area contributed by atoms with Gasteiger partial charge < -0.3 is 5.11 Å². The number of carboxylic acid groups (broad SMARTS) is 1. The molecular weight excluding hydrogens is 342 g/mol. The molecule has 3 nitrogen and oxygen atoms in total. The molecule has 1 heterocycles. The zero-order valence-corrected chi connectivity index (χ0v) is 14.6. The number of nitrogens with zero attached hydrogens (tertiary/aromatic N) is 1. The van der Waals surface area contributed by atoms with E-state index in [-0.39, 0.29) is 5.56 Å². The summed E-state index contributed by atoms with van der Waals surface area (Å²) in [6.07, 6.45) is 0. The lowest BCUT2D eigenvalue weighted by atomic mass is 10.0. The van der Waals surface area contributed by atoms with Crippen molar-refractivity contribution in [1.29, 1.82) is 0 Å². The summed E-state index contributed by atoms with van der Waals surface area (Å²) in [5, 5.41) is 12.0. The lowest BCUT2D eigenvalue weighted by Gasteiger charge is -2.04. The Balaban J connectivity index is 1.69. The maximum Gasteiger partial charge on any atom is 0.335 e. The van der Waals surface area contributed by atoms with E-state index in [0.717, 1.165) is 27.4 Å². The zero-order valence-electron chi connectivity index (χ0n) is 13.8. The number of aromatic carboxylic acids is 1. The fraction of sp³-hybridized carbons (Fsp3) is 0. The van der Waals surface area contributed by atoms with Crippen LogP contribution >= 0.6 is 11.3 Å². The Bertz CT molecular complexity index is 1070. The minimum atomic E-state index is -0.931. The van der Waals surface area contributed by atoms with Crippen LogP contribution in [0.25, 0.3) is 33.0 Å². The maximum absolute atomic E-state index is 11.2. The first-order chi connectivity index (χ1) is 12.7. The minimum Gasteiger partial charge on any atom is -0.478 e. The van der Waals surface area contributed by atoms with Crippen molar-refractivity contribution in [2.75, 3.05) is 0 Å². The van der Waals surface area contributed by atoms with Crippen LogP contribution < -0.4 is 0 Å². The molecule has 0 saturated carbocycles. The monoisotopic (exact) mass is 357 g/mol. The second-order valence-electron chi connectivity index (χ2n) is 5.87. The zero-order chi connectivity index (χ0) is 17.9. The summed E-state index contributed by atoms with van der Waals surface area (Å²) in [6, 6.07) is 25.4. The average molecular weight is 357 g/mol. The van der Waals surface area contributed by atoms with Gasteiger partial charge in [0, 0.05) is 16.5 Å². The number of carbonyl (C=O) groups is 1. The Morgan fingerprint density at radius 3 is 2.27 bits per heavy atom. The van der Waals surface area contributed by atoms with E-state index in [1.165, 1.54) is 16.9 Å². The van der Waals surface area contributed by atoms with Gasteiger partial charge in [-0.15, -0.1) is 11.3 Å². The van der Waals surface area contributed by atoms with E-state index in [9.17, 15) is 4.79 Å². The van der Waals surface area contributed by atoms with Crippen LogP contribution in [-0.4, -0.2) is 16.1 Å². The highest BCUT2D eigenvalue weighted by Crippen LogP contribution is 2.31. The Morgan fingerprint density at radius 1 is 0.769 bits per heavy atom. The van der Waals surface area contributed by atoms with Crippen molar-refractivity contribution in [3.05, 3.63) is 89.8 Å². The average Bonchev–Trinajstić information content (AvgIpc) is 3.19. The molecule has 0 aliphatic rings. The third-order valence-electron chi connectivity index (χ3n) is 4.13. The van der Waals surface area contributed by atoms with Crippen molar-refractivity contribution in [3.8, 4) is 33.0 Å². The number of hydrogen-bond acceptors (Lipinski definition) is 3. The van der Waals surface area contributed by atoms with Gasteiger partial charge in [-0.3, -0.25) is 0 Å². The molecule has 26 heavy (non-hydrogen) atoms. The maximum atomic E-state index is 11.2. The molecule has 4 aromatic rings. The summed E-state index contributed by atoms with van der Waals surface area (Å²) in [4.78, 5) is 15.9. The molecule has 1 N–H and O–H groups in total. The molecule has 4 rings (SSSR count). The number of rotatable bonds is 4. The second-order valence-corrected chi connectivity index (χ2v) is 6.73. The Morgan fingerprint density at radius 2 is 1.46 bits per heavy atom. The first kappa shape index (κ1) is 16.2. The number of thiazole rings is 1. The predicted octanol–water partition coefficient (Wildman–Crippen LogP) is 5.84. The van der Waals surface area contributed by atoms with Crippen LogP contribution in [0.5, 0.6) is 0 Å². The Hall–Kier alpha value is -3.24. The van der Waals surface area contributed by atoms with Gasteiger partial charge in [-0.25, -0.2) is 9.78 Å². The molecule has 126 valence electrons. The molecular formula is C22H15NO2S. The van der Waals surface area contributed by atoms with Gasteiger partial charge in [-0.2, -0.15) is 0 Å². The van der Waals surface area contributed by atoms with Gasteiger partial charge in [-0.05, 0) is 29.3 Å². The van der Waals surface area contributed by atoms with Crippen molar-refractivity contribution < 1.29 is 9.90 Å². The summed E-state index contributed by atoms with van der Waals surface area (Å²) in [5.41, 5.74) is 5.34. The molecule has 0 amide bonds. The van der Waals surface area contributed by atoms with Gasteiger partial charge in [0.25, 0.3) is 0 Å². The summed E-state index contributed by atoms with van der Waals surface area (Å²) >= 11 is 1.52. The summed E-state index contributed by atoms with van der Waals surface area (Å²) < 4.78 is 0. The molecule has 0 fully saturated rings. The van der Waals surface area contributed by atoms with Gasteiger partial charge in [0.1, 0.15) is 5.01 Å². The quantitative estimate of drug-likeness (QED) is 0.499. The van der Waals surface area contributed by atoms with Crippen molar-refractivity contribution >= 4 is 17.3 Å². The molecule has 0 unspecified atom stereocenters. The number of carboxylic acids is 1. The third-order valence-corrected chi connectivity index (χ3v) is 5.02. The van der Waals surface area contributed by atoms with E-state index in [1.54, 1.807) is 18.2 Å². The van der Waals surface area contributed by atoms with Gasteiger partial charge in [0.15, 0.2) is 0 Å². The lowest BCUT2D eigenvalue weighted by molar-refractivity contribution is 0.0697. The summed E-state index contributed by atoms with van der Waals surface area (Å²) in [7, 11) is 0. The molecule has 0 atom stereocenters. The van der Waals surface area contributed by atoms with Crippen LogP contribution in [-0.2, 0) is 0 Å². The van der Waals surface area contributed by atoms with Crippen LogP contribution in [0.15, 0.2) is 84.2 Å². The number of hydrogen-bond donors (Lipinski definition) is 1. The van der Waals surface area contributed by atoms with Crippen LogP contribution in [0.3, 0.4) is 0 Å². The first-order valence-electron chi connectivity index (χ1n) is 8.16. The van der Waals surface area contributed by atoms with Gasteiger partial charge in [0.05, 0.1) is 11.3 Å². The molecule has 1 aromatic heterocycles. The normalized spacial score (nSPS) is 10.6. The minimum absolute atomic E-state index is 0.269. The van der Waals surface area contributed by atoms with Gasteiger partial charge in [-0.1, -0.05) is 60.7 Å². The summed E-state index contributed by atoms with van der Waals surface area (Å²) in [5.74, 6) is -0.931. The SMILES string of the molecule is O=C(O)c1cccc(-c2nc(-c3cccc(-c4ccccc4)c3)cs2)c1. The molecule has 0 saturated heterocycles. The van der Waals surface area contributed by atoms with Crippen LogP contribution in [0.4, 0.5) is 0 Å². The summed E-state index contributed by atoms with van der Waals surface area (Å²) in [6.45, 7) is 0. The topological polar surface area (TPSA) is 50.2 Å². The highest BCUT2D eigenvalue weighted by Gasteiger charge is 2.10. The van der Waals surface area contributed by atoms with Crippen LogP contribution in [0.1, 0.15) is 10.4 Å². The Labute approximate surface area is 155 Å². The van der Waals surface area contributed by atoms with E-state index in [2.05, 4.69) is 24.3 Å². The fourth-order valence-corrected chi connectivity index (χ4v) is 3.64. The second kappa shape index (κ2) is 6.94. The van der Waals surface area contributed by atoms with E-state index in [4.69, 9.17) is 10.1 Å². The molecule has 0 radical (unpaired) electrons. The van der Waals surface area contributed by atoms with E-state index >= 15 is 0 Å². The van der Waals surface area contributed by atoms with E-state index < -0.39 is 5.97 Å².